The summed E-state index contributed by atoms with van der Waals surface area (Å²) in [6.07, 6.45) is 4.92. The molecule has 2 atom stereocenters. The second kappa shape index (κ2) is 7.97. The minimum atomic E-state index is -0.982. The van der Waals surface area contributed by atoms with Crippen LogP contribution in [0.1, 0.15) is 81.3 Å². The van der Waals surface area contributed by atoms with Crippen molar-refractivity contribution in [2.24, 2.45) is 5.41 Å². The first-order valence-corrected chi connectivity index (χ1v) is 12.2. The number of aromatic nitrogens is 2. The molecule has 2 aromatic rings. The molecular formula is C26H35N5O2. The van der Waals surface area contributed by atoms with Crippen LogP contribution in [0.3, 0.4) is 0 Å². The number of hydrogen-bond donors (Lipinski definition) is 3. The number of carboxylic acid groups (broad SMARTS) is 1. The Bertz CT molecular complexity index is 1070. The first-order valence-electron chi connectivity index (χ1n) is 12.2. The zero-order valence-corrected chi connectivity index (χ0v) is 20.1. The molecule has 1 saturated heterocycles. The van der Waals surface area contributed by atoms with Gasteiger partial charge in [-0.15, -0.1) is 0 Å². The van der Waals surface area contributed by atoms with E-state index >= 15 is 0 Å². The van der Waals surface area contributed by atoms with E-state index in [1.807, 2.05) is 0 Å². The van der Waals surface area contributed by atoms with Gasteiger partial charge in [-0.3, -0.25) is 0 Å². The predicted molar refractivity (Wildman–Crippen MR) is 129 cm³/mol. The van der Waals surface area contributed by atoms with Gasteiger partial charge in [0, 0.05) is 28.9 Å². The summed E-state index contributed by atoms with van der Waals surface area (Å²) in [4.78, 5) is 23.6. The monoisotopic (exact) mass is 449 g/mol. The highest BCUT2D eigenvalue weighted by Gasteiger charge is 2.48. The molecule has 3 N–H and O–H groups in total. The lowest BCUT2D eigenvalue weighted by Crippen LogP contribution is -2.44. The minimum Gasteiger partial charge on any atom is -0.465 e. The second-order valence-electron chi connectivity index (χ2n) is 11.1. The molecule has 176 valence electrons. The van der Waals surface area contributed by atoms with Gasteiger partial charge in [0.2, 0.25) is 0 Å². The van der Waals surface area contributed by atoms with Gasteiger partial charge in [-0.25, -0.2) is 14.8 Å². The van der Waals surface area contributed by atoms with Crippen molar-refractivity contribution in [3.8, 4) is 0 Å². The first kappa shape index (κ1) is 22.1. The van der Waals surface area contributed by atoms with Crippen LogP contribution in [0.5, 0.6) is 0 Å². The molecule has 7 nitrogen and oxygen atoms in total. The largest absolute Gasteiger partial charge is 0.465 e. The maximum Gasteiger partial charge on any atom is 0.405 e. The summed E-state index contributed by atoms with van der Waals surface area (Å²) < 4.78 is 0. The molecule has 1 aromatic carbocycles. The van der Waals surface area contributed by atoms with Crippen molar-refractivity contribution < 1.29 is 9.90 Å². The number of aryl methyl sites for hydroxylation is 1. The van der Waals surface area contributed by atoms with Gasteiger partial charge in [0.1, 0.15) is 12.1 Å². The van der Waals surface area contributed by atoms with Crippen LogP contribution in [0.25, 0.3) is 0 Å². The van der Waals surface area contributed by atoms with E-state index in [1.54, 1.807) is 6.33 Å². The van der Waals surface area contributed by atoms with Crippen molar-refractivity contribution >= 4 is 17.6 Å². The molecule has 33 heavy (non-hydrogen) atoms. The van der Waals surface area contributed by atoms with E-state index in [1.165, 1.54) is 22.5 Å². The fourth-order valence-corrected chi connectivity index (χ4v) is 6.29. The third-order valence-corrected chi connectivity index (χ3v) is 7.87. The number of carbonyl (C=O) groups is 1. The Labute approximate surface area is 196 Å². The number of hydrogen-bond acceptors (Lipinski definition) is 5. The Balaban J connectivity index is 1.71. The average Bonchev–Trinajstić information content (AvgIpc) is 3.31. The van der Waals surface area contributed by atoms with Crippen molar-refractivity contribution in [2.75, 3.05) is 24.5 Å². The average molecular weight is 450 g/mol. The molecule has 7 heteroatoms. The van der Waals surface area contributed by atoms with Crippen molar-refractivity contribution in [2.45, 2.75) is 70.8 Å². The molecule has 1 aliphatic carbocycles. The third-order valence-electron chi connectivity index (χ3n) is 7.87. The lowest BCUT2D eigenvalue weighted by atomic mass is 9.69. The van der Waals surface area contributed by atoms with E-state index in [0.717, 1.165) is 56.7 Å². The van der Waals surface area contributed by atoms with E-state index in [0.29, 0.717) is 5.92 Å². The summed E-state index contributed by atoms with van der Waals surface area (Å²) in [6.45, 7) is 11.4. The van der Waals surface area contributed by atoms with Gasteiger partial charge in [0.05, 0.1) is 6.04 Å². The molecule has 0 bridgehead atoms. The summed E-state index contributed by atoms with van der Waals surface area (Å²) in [5, 5.41) is 16.1. The first-order chi connectivity index (χ1) is 15.7. The molecule has 3 heterocycles. The standard InChI is InChI=1S/C26H35N5O2/c1-16-8-9-18-20(16)23(29-15-28-18)31-14-26(10-12-27-13-11-26)21-17(6-5-7-19(21)31)22(25(2,3)4)30-24(32)33/h5-7,15-16,22,27,30H,8-14H2,1-4H3,(H,32,33)/t16?,22-/m0/s1. The van der Waals surface area contributed by atoms with Crippen LogP contribution in [0.15, 0.2) is 24.5 Å². The highest BCUT2D eigenvalue weighted by Crippen LogP contribution is 2.54. The van der Waals surface area contributed by atoms with E-state index in [-0.39, 0.29) is 16.9 Å². The second-order valence-corrected chi connectivity index (χ2v) is 11.1. The number of fused-ring (bicyclic) bond motifs is 3. The minimum absolute atomic E-state index is 0.0272. The summed E-state index contributed by atoms with van der Waals surface area (Å²) >= 11 is 0. The van der Waals surface area contributed by atoms with Gasteiger partial charge in [0.25, 0.3) is 0 Å². The van der Waals surface area contributed by atoms with Gasteiger partial charge in [-0.1, -0.05) is 39.8 Å². The molecule has 2 aliphatic heterocycles. The Hall–Kier alpha value is -2.67. The number of anilines is 2. The van der Waals surface area contributed by atoms with Crippen molar-refractivity contribution in [3.05, 3.63) is 46.9 Å². The van der Waals surface area contributed by atoms with E-state index in [2.05, 4.69) is 66.4 Å². The summed E-state index contributed by atoms with van der Waals surface area (Å²) in [7, 11) is 0. The van der Waals surface area contributed by atoms with Crippen LogP contribution in [0, 0.1) is 5.41 Å². The van der Waals surface area contributed by atoms with Crippen molar-refractivity contribution in [3.63, 3.8) is 0 Å². The fraction of sp³-hybridized carbons (Fsp3) is 0.577. The normalized spacial score (nSPS) is 22.2. The molecule has 1 spiro atoms. The molecule has 1 fully saturated rings. The fourth-order valence-electron chi connectivity index (χ4n) is 6.29. The smallest absolute Gasteiger partial charge is 0.405 e. The van der Waals surface area contributed by atoms with Crippen molar-refractivity contribution in [1.82, 2.24) is 20.6 Å². The molecule has 3 aliphatic rings. The lowest BCUT2D eigenvalue weighted by Gasteiger charge is -2.39. The summed E-state index contributed by atoms with van der Waals surface area (Å²) in [5.74, 6) is 1.49. The van der Waals surface area contributed by atoms with Crippen LogP contribution in [-0.2, 0) is 11.8 Å². The van der Waals surface area contributed by atoms with Gasteiger partial charge in [0.15, 0.2) is 0 Å². The third kappa shape index (κ3) is 3.66. The Kier molecular flexibility index (Phi) is 5.35. The van der Waals surface area contributed by atoms with Crippen LogP contribution < -0.4 is 15.5 Å². The number of rotatable bonds is 3. The van der Waals surface area contributed by atoms with Crippen molar-refractivity contribution in [1.29, 1.82) is 0 Å². The molecular weight excluding hydrogens is 414 g/mol. The maximum absolute atomic E-state index is 11.8. The number of benzene rings is 1. The quantitative estimate of drug-likeness (QED) is 0.632. The van der Waals surface area contributed by atoms with Crippen LogP contribution in [0.2, 0.25) is 0 Å². The van der Waals surface area contributed by atoms with Crippen LogP contribution >= 0.6 is 0 Å². The number of nitrogens with zero attached hydrogens (tertiary/aromatic N) is 3. The molecule has 5 rings (SSSR count). The van der Waals surface area contributed by atoms with Gasteiger partial charge in [-0.2, -0.15) is 0 Å². The van der Waals surface area contributed by atoms with E-state index < -0.39 is 6.09 Å². The highest BCUT2D eigenvalue weighted by atomic mass is 16.4. The Morgan fingerprint density at radius 1 is 1.27 bits per heavy atom. The van der Waals surface area contributed by atoms with E-state index in [4.69, 9.17) is 4.98 Å². The highest BCUT2D eigenvalue weighted by molar-refractivity contribution is 5.76. The summed E-state index contributed by atoms with van der Waals surface area (Å²) in [6, 6.07) is 6.11. The van der Waals surface area contributed by atoms with Gasteiger partial charge >= 0.3 is 6.09 Å². The Morgan fingerprint density at radius 2 is 2.03 bits per heavy atom. The molecule has 1 aromatic heterocycles. The van der Waals surface area contributed by atoms with E-state index in [9.17, 15) is 9.90 Å². The Morgan fingerprint density at radius 3 is 2.73 bits per heavy atom. The predicted octanol–water partition coefficient (Wildman–Crippen LogP) is 4.65. The number of piperidine rings is 1. The molecule has 1 unspecified atom stereocenters. The van der Waals surface area contributed by atoms with Crippen LogP contribution in [0.4, 0.5) is 16.3 Å². The lowest BCUT2D eigenvalue weighted by molar-refractivity contribution is 0.174. The number of nitrogens with one attached hydrogen (secondary N) is 2. The molecule has 1 amide bonds. The SMILES string of the molecule is CC1CCc2ncnc(N3CC4(CCNCC4)c4c([C@H](NC(=O)O)C(C)(C)C)cccc43)c21. The van der Waals surface area contributed by atoms with Gasteiger partial charge in [-0.05, 0) is 67.3 Å². The maximum atomic E-state index is 11.8. The van der Waals surface area contributed by atoms with Gasteiger partial charge < -0.3 is 20.6 Å². The molecule has 0 saturated carbocycles. The van der Waals surface area contributed by atoms with Crippen LogP contribution in [-0.4, -0.2) is 40.8 Å². The topological polar surface area (TPSA) is 90.4 Å². The zero-order valence-electron chi connectivity index (χ0n) is 20.1. The molecule has 0 radical (unpaired) electrons. The zero-order chi connectivity index (χ0) is 23.4. The number of amides is 1. The summed E-state index contributed by atoms with van der Waals surface area (Å²) in [5.41, 5.74) is 5.76.